The molecule has 0 bridgehead atoms. The van der Waals surface area contributed by atoms with Crippen LogP contribution in [0, 0.1) is 11.6 Å². The van der Waals surface area contributed by atoms with Gasteiger partial charge in [-0.2, -0.15) is 0 Å². The highest BCUT2D eigenvalue weighted by Gasteiger charge is 2.19. The van der Waals surface area contributed by atoms with E-state index in [1.165, 1.54) is 18.5 Å². The van der Waals surface area contributed by atoms with Gasteiger partial charge in [-0.15, -0.1) is 0 Å². The predicted molar refractivity (Wildman–Crippen MR) is 69.1 cm³/mol. The molecule has 100 valence electrons. The van der Waals surface area contributed by atoms with Gasteiger partial charge in [-0.1, -0.05) is 0 Å². The van der Waals surface area contributed by atoms with Crippen LogP contribution in [-0.2, 0) is 10.0 Å². The SMILES string of the molecule is O=S(=O)(Nc1cncc(Br)c1)c1ccc(F)cc1F. The van der Waals surface area contributed by atoms with Crippen LogP contribution in [0.3, 0.4) is 0 Å². The summed E-state index contributed by atoms with van der Waals surface area (Å²) in [6.07, 6.45) is 2.74. The van der Waals surface area contributed by atoms with Crippen molar-refractivity contribution in [1.82, 2.24) is 4.98 Å². The number of rotatable bonds is 3. The lowest BCUT2D eigenvalue weighted by Crippen LogP contribution is -2.14. The van der Waals surface area contributed by atoms with E-state index in [2.05, 4.69) is 25.6 Å². The third-order valence-corrected chi connectivity index (χ3v) is 3.99. The Bertz CT molecular complexity index is 722. The highest BCUT2D eigenvalue weighted by atomic mass is 79.9. The Labute approximate surface area is 116 Å². The first-order valence-electron chi connectivity index (χ1n) is 4.97. The van der Waals surface area contributed by atoms with E-state index in [0.29, 0.717) is 10.5 Å². The molecule has 1 N–H and O–H groups in total. The number of halogens is 3. The van der Waals surface area contributed by atoms with Crippen LogP contribution in [0.5, 0.6) is 0 Å². The van der Waals surface area contributed by atoms with E-state index in [1.54, 1.807) is 0 Å². The minimum absolute atomic E-state index is 0.165. The van der Waals surface area contributed by atoms with Crippen LogP contribution < -0.4 is 4.72 Å². The maximum Gasteiger partial charge on any atom is 0.264 e. The second-order valence-electron chi connectivity index (χ2n) is 3.57. The summed E-state index contributed by atoms with van der Waals surface area (Å²) in [6, 6.07) is 3.70. The van der Waals surface area contributed by atoms with Crippen molar-refractivity contribution in [2.24, 2.45) is 0 Å². The standard InChI is InChI=1S/C11H7BrF2N2O2S/c12-7-3-9(6-15-5-7)16-19(17,18)11-2-1-8(13)4-10(11)14/h1-6,16H. The number of anilines is 1. The van der Waals surface area contributed by atoms with Gasteiger partial charge in [0.1, 0.15) is 16.5 Å². The molecule has 0 saturated heterocycles. The molecule has 1 aromatic heterocycles. The molecular weight excluding hydrogens is 342 g/mol. The van der Waals surface area contributed by atoms with E-state index in [-0.39, 0.29) is 5.69 Å². The van der Waals surface area contributed by atoms with Gasteiger partial charge < -0.3 is 0 Å². The average molecular weight is 349 g/mol. The average Bonchev–Trinajstić information content (AvgIpc) is 2.27. The van der Waals surface area contributed by atoms with Gasteiger partial charge in [0.2, 0.25) is 0 Å². The fraction of sp³-hybridized carbons (Fsp3) is 0. The Morgan fingerprint density at radius 2 is 1.89 bits per heavy atom. The lowest BCUT2D eigenvalue weighted by atomic mass is 10.3. The third-order valence-electron chi connectivity index (χ3n) is 2.14. The first-order valence-corrected chi connectivity index (χ1v) is 7.24. The number of hydrogen-bond acceptors (Lipinski definition) is 3. The van der Waals surface area contributed by atoms with E-state index < -0.39 is 26.6 Å². The summed E-state index contributed by atoms with van der Waals surface area (Å²) in [4.78, 5) is 3.14. The first kappa shape index (κ1) is 13.9. The largest absolute Gasteiger partial charge is 0.278 e. The van der Waals surface area contributed by atoms with Crippen LogP contribution >= 0.6 is 15.9 Å². The van der Waals surface area contributed by atoms with Crippen molar-refractivity contribution in [3.05, 3.63) is 52.8 Å². The second-order valence-corrected chi connectivity index (χ2v) is 6.14. The molecule has 8 heteroatoms. The molecular formula is C11H7BrF2N2O2S. The highest BCUT2D eigenvalue weighted by Crippen LogP contribution is 2.20. The van der Waals surface area contributed by atoms with E-state index in [9.17, 15) is 17.2 Å². The topological polar surface area (TPSA) is 59.1 Å². The smallest absolute Gasteiger partial charge is 0.264 e. The Balaban J connectivity index is 2.38. The van der Waals surface area contributed by atoms with Gasteiger partial charge in [0, 0.05) is 16.7 Å². The Kier molecular flexibility index (Phi) is 3.81. The molecule has 0 fully saturated rings. The first-order chi connectivity index (χ1) is 8.88. The zero-order valence-electron chi connectivity index (χ0n) is 9.27. The molecule has 0 atom stereocenters. The Morgan fingerprint density at radius 1 is 1.16 bits per heavy atom. The van der Waals surface area contributed by atoms with Crippen molar-refractivity contribution < 1.29 is 17.2 Å². The molecule has 1 aromatic carbocycles. The minimum Gasteiger partial charge on any atom is -0.278 e. The van der Waals surface area contributed by atoms with Crippen LogP contribution in [0.4, 0.5) is 14.5 Å². The molecule has 2 aromatic rings. The minimum atomic E-state index is -4.13. The maximum atomic E-state index is 13.4. The highest BCUT2D eigenvalue weighted by molar-refractivity contribution is 9.10. The van der Waals surface area contributed by atoms with Gasteiger partial charge in [0.25, 0.3) is 10.0 Å². The van der Waals surface area contributed by atoms with Crippen molar-refractivity contribution in [2.75, 3.05) is 4.72 Å². The molecule has 0 aliphatic carbocycles. The van der Waals surface area contributed by atoms with Crippen molar-refractivity contribution in [1.29, 1.82) is 0 Å². The van der Waals surface area contributed by atoms with Gasteiger partial charge in [-0.25, -0.2) is 17.2 Å². The molecule has 1 heterocycles. The number of sulfonamides is 1. The van der Waals surface area contributed by atoms with E-state index >= 15 is 0 Å². The fourth-order valence-corrected chi connectivity index (χ4v) is 2.83. The normalized spacial score (nSPS) is 11.3. The predicted octanol–water partition coefficient (Wildman–Crippen LogP) is 2.92. The van der Waals surface area contributed by atoms with Gasteiger partial charge >= 0.3 is 0 Å². The summed E-state index contributed by atoms with van der Waals surface area (Å²) in [5, 5.41) is 0. The summed E-state index contributed by atoms with van der Waals surface area (Å²) in [5.41, 5.74) is 0.165. The zero-order valence-corrected chi connectivity index (χ0v) is 11.7. The molecule has 0 radical (unpaired) electrons. The summed E-state index contributed by atoms with van der Waals surface area (Å²) in [7, 11) is -4.13. The van der Waals surface area contributed by atoms with Crippen LogP contribution in [0.2, 0.25) is 0 Å². The molecule has 0 spiro atoms. The summed E-state index contributed by atoms with van der Waals surface area (Å²) in [5.74, 6) is -2.00. The molecule has 19 heavy (non-hydrogen) atoms. The van der Waals surface area contributed by atoms with E-state index in [0.717, 1.165) is 12.1 Å². The zero-order chi connectivity index (χ0) is 14.0. The van der Waals surface area contributed by atoms with Crippen LogP contribution in [0.15, 0.2) is 46.0 Å². The Hall–Kier alpha value is -1.54. The van der Waals surface area contributed by atoms with E-state index in [4.69, 9.17) is 0 Å². The molecule has 4 nitrogen and oxygen atoms in total. The molecule has 0 unspecified atom stereocenters. The summed E-state index contributed by atoms with van der Waals surface area (Å²) in [6.45, 7) is 0. The quantitative estimate of drug-likeness (QED) is 0.927. The number of nitrogens with one attached hydrogen (secondary N) is 1. The second kappa shape index (κ2) is 5.22. The molecule has 0 aliphatic rings. The van der Waals surface area contributed by atoms with Gasteiger partial charge in [0.15, 0.2) is 0 Å². The summed E-state index contributed by atoms with van der Waals surface area (Å²) >= 11 is 3.13. The van der Waals surface area contributed by atoms with Crippen molar-refractivity contribution in [2.45, 2.75) is 4.90 Å². The lowest BCUT2D eigenvalue weighted by molar-refractivity contribution is 0.551. The molecule has 0 aliphatic heterocycles. The lowest BCUT2D eigenvalue weighted by Gasteiger charge is -2.08. The number of nitrogens with zero attached hydrogens (tertiary/aromatic N) is 1. The van der Waals surface area contributed by atoms with Crippen LogP contribution in [0.1, 0.15) is 0 Å². The molecule has 0 saturated carbocycles. The molecule has 2 rings (SSSR count). The summed E-state index contributed by atoms with van der Waals surface area (Å²) < 4.78 is 52.8. The van der Waals surface area contributed by atoms with Crippen LogP contribution in [0.25, 0.3) is 0 Å². The van der Waals surface area contributed by atoms with Crippen molar-refractivity contribution >= 4 is 31.6 Å². The third kappa shape index (κ3) is 3.27. The van der Waals surface area contributed by atoms with Gasteiger partial charge in [-0.3, -0.25) is 9.71 Å². The van der Waals surface area contributed by atoms with Gasteiger partial charge in [-0.05, 0) is 34.1 Å². The number of pyridine rings is 1. The van der Waals surface area contributed by atoms with Crippen LogP contribution in [-0.4, -0.2) is 13.4 Å². The fourth-order valence-electron chi connectivity index (χ4n) is 1.37. The van der Waals surface area contributed by atoms with Gasteiger partial charge in [0.05, 0.1) is 11.9 Å². The Morgan fingerprint density at radius 3 is 2.53 bits per heavy atom. The van der Waals surface area contributed by atoms with Crippen molar-refractivity contribution in [3.63, 3.8) is 0 Å². The number of hydrogen-bond donors (Lipinski definition) is 1. The maximum absolute atomic E-state index is 13.4. The van der Waals surface area contributed by atoms with E-state index in [1.807, 2.05) is 0 Å². The number of benzene rings is 1. The monoisotopic (exact) mass is 348 g/mol. The van der Waals surface area contributed by atoms with Crippen molar-refractivity contribution in [3.8, 4) is 0 Å². The molecule has 0 amide bonds. The number of aromatic nitrogens is 1.